The number of rotatable bonds is 4. The van der Waals surface area contributed by atoms with E-state index in [1.54, 1.807) is 30.5 Å². The van der Waals surface area contributed by atoms with Crippen LogP contribution in [-0.2, 0) is 4.79 Å². The third kappa shape index (κ3) is 3.27. The van der Waals surface area contributed by atoms with Crippen LogP contribution in [0.3, 0.4) is 0 Å². The number of aromatic nitrogens is 1. The van der Waals surface area contributed by atoms with Crippen molar-refractivity contribution in [1.82, 2.24) is 4.98 Å². The maximum absolute atomic E-state index is 13.3. The summed E-state index contributed by atoms with van der Waals surface area (Å²) in [5, 5.41) is 10.5. The van der Waals surface area contributed by atoms with Gasteiger partial charge in [-0.2, -0.15) is 0 Å². The molecule has 0 aliphatic heterocycles. The molecule has 0 fully saturated rings. The van der Waals surface area contributed by atoms with Crippen molar-refractivity contribution in [3.05, 3.63) is 58.6 Å². The molecule has 2 aromatic carbocycles. The van der Waals surface area contributed by atoms with Crippen LogP contribution in [-0.4, -0.2) is 22.7 Å². The molecule has 0 radical (unpaired) electrons. The van der Waals surface area contributed by atoms with Gasteiger partial charge in [0.25, 0.3) is 0 Å². The smallest absolute Gasteiger partial charge is 0.341 e. The summed E-state index contributed by atoms with van der Waals surface area (Å²) in [5.41, 5.74) is 1.30. The molecule has 0 spiro atoms. The molecule has 0 saturated heterocycles. The fraction of sp³-hybridized carbons (Fsp3) is 0.0588. The lowest BCUT2D eigenvalue weighted by Crippen LogP contribution is -2.09. The largest absolute Gasteiger partial charge is 0.482 e. The summed E-state index contributed by atoms with van der Waals surface area (Å²) in [5.74, 6) is -1.15. The molecule has 24 heavy (non-hydrogen) atoms. The number of hydrogen-bond acceptors (Lipinski definition) is 3. The number of benzene rings is 2. The molecule has 0 bridgehead atoms. The molecule has 0 saturated carbocycles. The normalized spacial score (nSPS) is 10.8. The number of carboxylic acids is 1. The first-order chi connectivity index (χ1) is 11.5. The predicted molar refractivity (Wildman–Crippen MR) is 90.3 cm³/mol. The molecule has 0 amide bonds. The van der Waals surface area contributed by atoms with Gasteiger partial charge in [0.1, 0.15) is 16.7 Å². The van der Waals surface area contributed by atoms with E-state index in [4.69, 9.17) is 33.0 Å². The second-order valence-corrected chi connectivity index (χ2v) is 5.74. The Morgan fingerprint density at radius 3 is 2.62 bits per heavy atom. The first-order valence-corrected chi connectivity index (χ1v) is 7.59. The van der Waals surface area contributed by atoms with Gasteiger partial charge in [-0.25, -0.2) is 14.2 Å². The number of fused-ring (bicyclic) bond motifs is 1. The van der Waals surface area contributed by atoms with Gasteiger partial charge in [0.2, 0.25) is 0 Å². The van der Waals surface area contributed by atoms with Crippen molar-refractivity contribution in [2.45, 2.75) is 0 Å². The van der Waals surface area contributed by atoms with Crippen LogP contribution in [0.2, 0.25) is 10.2 Å². The van der Waals surface area contributed by atoms with E-state index in [1.807, 2.05) is 0 Å². The number of halogens is 3. The molecule has 0 unspecified atom stereocenters. The molecule has 4 nitrogen and oxygen atoms in total. The Morgan fingerprint density at radius 2 is 1.92 bits per heavy atom. The highest BCUT2D eigenvalue weighted by atomic mass is 35.5. The quantitative estimate of drug-likeness (QED) is 0.673. The summed E-state index contributed by atoms with van der Waals surface area (Å²) in [7, 11) is 0. The maximum atomic E-state index is 13.3. The first kappa shape index (κ1) is 16.5. The summed E-state index contributed by atoms with van der Waals surface area (Å²) >= 11 is 12.3. The highest BCUT2D eigenvalue weighted by Gasteiger charge is 2.13. The van der Waals surface area contributed by atoms with Gasteiger partial charge in [0.05, 0.1) is 5.02 Å². The second kappa shape index (κ2) is 6.63. The molecule has 0 aliphatic carbocycles. The lowest BCUT2D eigenvalue weighted by molar-refractivity contribution is -0.139. The molecule has 3 rings (SSSR count). The molecule has 1 N–H and O–H groups in total. The van der Waals surface area contributed by atoms with Gasteiger partial charge in [-0.1, -0.05) is 23.2 Å². The van der Waals surface area contributed by atoms with Crippen LogP contribution < -0.4 is 4.74 Å². The number of ether oxygens (including phenoxy) is 1. The lowest BCUT2D eigenvalue weighted by Gasteiger charge is -2.11. The fourth-order valence-corrected chi connectivity index (χ4v) is 2.82. The molecule has 3 aromatic rings. The summed E-state index contributed by atoms with van der Waals surface area (Å²) in [4.78, 5) is 14.7. The minimum atomic E-state index is -1.08. The average molecular weight is 366 g/mol. The summed E-state index contributed by atoms with van der Waals surface area (Å²) in [6.07, 6.45) is 1.56. The van der Waals surface area contributed by atoms with E-state index in [0.717, 1.165) is 5.39 Å². The van der Waals surface area contributed by atoms with Gasteiger partial charge >= 0.3 is 5.97 Å². The number of aliphatic carboxylic acids is 1. The van der Waals surface area contributed by atoms with Gasteiger partial charge in [0.15, 0.2) is 6.61 Å². The summed E-state index contributed by atoms with van der Waals surface area (Å²) in [6, 6.07) is 9.07. The van der Waals surface area contributed by atoms with Crippen LogP contribution in [0, 0.1) is 5.82 Å². The second-order valence-electron chi connectivity index (χ2n) is 4.98. The highest BCUT2D eigenvalue weighted by Crippen LogP contribution is 2.36. The molecule has 0 aliphatic rings. The molecule has 0 atom stereocenters. The lowest BCUT2D eigenvalue weighted by atomic mass is 10.0. The van der Waals surface area contributed by atoms with E-state index in [-0.39, 0.29) is 10.2 Å². The Hall–Kier alpha value is -2.37. The van der Waals surface area contributed by atoms with E-state index in [2.05, 4.69) is 4.98 Å². The third-order valence-corrected chi connectivity index (χ3v) is 4.01. The zero-order valence-electron chi connectivity index (χ0n) is 12.1. The molecular formula is C17H10Cl2FNO3. The summed E-state index contributed by atoms with van der Waals surface area (Å²) < 4.78 is 18.4. The molecule has 1 heterocycles. The number of carboxylic acid groups (broad SMARTS) is 1. The third-order valence-electron chi connectivity index (χ3n) is 3.39. The van der Waals surface area contributed by atoms with E-state index >= 15 is 0 Å². The van der Waals surface area contributed by atoms with Crippen molar-refractivity contribution in [3.8, 4) is 16.9 Å². The Bertz CT molecular complexity index is 947. The zero-order chi connectivity index (χ0) is 17.3. The zero-order valence-corrected chi connectivity index (χ0v) is 13.6. The Balaban J connectivity index is 2.13. The van der Waals surface area contributed by atoms with E-state index < -0.39 is 18.4 Å². The minimum absolute atomic E-state index is 0.243. The van der Waals surface area contributed by atoms with Gasteiger partial charge in [-0.3, -0.25) is 0 Å². The predicted octanol–water partition coefficient (Wildman–Crippen LogP) is 4.81. The van der Waals surface area contributed by atoms with Crippen molar-refractivity contribution in [2.75, 3.05) is 6.61 Å². The Kier molecular flexibility index (Phi) is 4.55. The molecule has 1 aromatic heterocycles. The van der Waals surface area contributed by atoms with Gasteiger partial charge in [-0.15, -0.1) is 0 Å². The Labute approximate surface area is 146 Å². The van der Waals surface area contributed by atoms with Crippen LogP contribution >= 0.6 is 23.2 Å². The molecule has 7 heteroatoms. The van der Waals surface area contributed by atoms with Crippen molar-refractivity contribution in [1.29, 1.82) is 0 Å². The van der Waals surface area contributed by atoms with Crippen LogP contribution in [0.1, 0.15) is 0 Å². The van der Waals surface area contributed by atoms with Crippen LogP contribution in [0.4, 0.5) is 4.39 Å². The van der Waals surface area contributed by atoms with Crippen molar-refractivity contribution >= 4 is 39.9 Å². The standard InChI is InChI=1S/C17H10Cl2FNO3/c18-15-5-9(20)1-3-12(15)14-7-21-17(19)13-6-10(2-4-11(13)14)24-8-16(22)23/h1-7H,8H2,(H,22,23). The van der Waals surface area contributed by atoms with Crippen LogP contribution in [0.25, 0.3) is 21.9 Å². The average Bonchev–Trinajstić information content (AvgIpc) is 2.54. The topological polar surface area (TPSA) is 59.4 Å². The van der Waals surface area contributed by atoms with Crippen LogP contribution in [0.15, 0.2) is 42.6 Å². The van der Waals surface area contributed by atoms with Crippen molar-refractivity contribution in [3.63, 3.8) is 0 Å². The van der Waals surface area contributed by atoms with Gasteiger partial charge in [-0.05, 0) is 41.8 Å². The highest BCUT2D eigenvalue weighted by molar-refractivity contribution is 6.36. The SMILES string of the molecule is O=C(O)COc1ccc2c(-c3ccc(F)cc3Cl)cnc(Cl)c2c1. The Morgan fingerprint density at radius 1 is 1.12 bits per heavy atom. The first-order valence-electron chi connectivity index (χ1n) is 6.84. The summed E-state index contributed by atoms with van der Waals surface area (Å²) in [6.45, 7) is -0.458. The van der Waals surface area contributed by atoms with Crippen molar-refractivity contribution < 1.29 is 19.0 Å². The minimum Gasteiger partial charge on any atom is -0.482 e. The maximum Gasteiger partial charge on any atom is 0.341 e. The van der Waals surface area contributed by atoms with Gasteiger partial charge in [0, 0.05) is 22.7 Å². The monoisotopic (exact) mass is 365 g/mol. The number of hydrogen-bond donors (Lipinski definition) is 1. The van der Waals surface area contributed by atoms with E-state index in [9.17, 15) is 9.18 Å². The molecule has 122 valence electrons. The van der Waals surface area contributed by atoms with Crippen LogP contribution in [0.5, 0.6) is 5.75 Å². The number of carbonyl (C=O) groups is 1. The fourth-order valence-electron chi connectivity index (χ4n) is 2.35. The van der Waals surface area contributed by atoms with E-state index in [0.29, 0.717) is 22.3 Å². The number of nitrogens with zero attached hydrogens (tertiary/aromatic N) is 1. The van der Waals surface area contributed by atoms with Gasteiger partial charge < -0.3 is 9.84 Å². The molecular weight excluding hydrogens is 356 g/mol. The number of pyridine rings is 1. The van der Waals surface area contributed by atoms with Crippen molar-refractivity contribution in [2.24, 2.45) is 0 Å². The van der Waals surface area contributed by atoms with E-state index in [1.165, 1.54) is 12.1 Å².